The Morgan fingerprint density at radius 1 is 1.05 bits per heavy atom. The summed E-state index contributed by atoms with van der Waals surface area (Å²) in [7, 11) is 0. The lowest BCUT2D eigenvalue weighted by atomic mass is 10.0. The lowest BCUT2D eigenvalue weighted by Crippen LogP contribution is -1.98. The van der Waals surface area contributed by atoms with E-state index < -0.39 is 0 Å². The Hall–Kier alpha value is -1.80. The number of rotatable bonds is 5. The van der Waals surface area contributed by atoms with E-state index in [0.29, 0.717) is 0 Å². The van der Waals surface area contributed by atoms with Crippen LogP contribution in [0, 0.1) is 0 Å². The minimum atomic E-state index is 0.0386. The Morgan fingerprint density at radius 3 is 2.52 bits per heavy atom. The highest BCUT2D eigenvalue weighted by atomic mass is 35.5. The summed E-state index contributed by atoms with van der Waals surface area (Å²) in [5.74, 6) is 0. The van der Waals surface area contributed by atoms with Crippen molar-refractivity contribution in [2.24, 2.45) is 0 Å². The molecule has 3 heteroatoms. The number of hydrogen-bond acceptors (Lipinski definition) is 1. The molecule has 0 aliphatic carbocycles. The third-order valence-corrected chi connectivity index (χ3v) is 4.30. The van der Waals surface area contributed by atoms with Gasteiger partial charge in [-0.15, -0.1) is 11.6 Å². The fraction of sp³-hybridized carbons (Fsp3) is 0.278. The van der Waals surface area contributed by atoms with E-state index in [1.165, 1.54) is 16.5 Å². The number of aromatic nitrogens is 2. The molecule has 3 rings (SSSR count). The van der Waals surface area contributed by atoms with E-state index in [4.69, 9.17) is 16.7 Å². The Kier molecular flexibility index (Phi) is 4.26. The van der Waals surface area contributed by atoms with Crippen LogP contribution in [0.25, 0.3) is 10.9 Å². The smallest absolute Gasteiger partial charge is 0.0704 e. The van der Waals surface area contributed by atoms with E-state index in [1.54, 1.807) is 0 Å². The molecule has 0 saturated carbocycles. The van der Waals surface area contributed by atoms with Gasteiger partial charge >= 0.3 is 0 Å². The molecular formula is C18H19ClN2. The summed E-state index contributed by atoms with van der Waals surface area (Å²) in [5.41, 5.74) is 3.54. The molecule has 0 fully saturated rings. The van der Waals surface area contributed by atoms with Gasteiger partial charge < -0.3 is 0 Å². The van der Waals surface area contributed by atoms with E-state index in [-0.39, 0.29) is 5.38 Å². The van der Waals surface area contributed by atoms with Crippen LogP contribution in [0.15, 0.2) is 54.6 Å². The highest BCUT2D eigenvalue weighted by Crippen LogP contribution is 2.27. The number of nitrogens with zero attached hydrogens (tertiary/aromatic N) is 2. The predicted octanol–water partition coefficient (Wildman–Crippen LogP) is 4.97. The molecular weight excluding hydrogens is 280 g/mol. The standard InChI is InChI=1S/C18H19ClN2/c1-2-21-18-11-7-6-10-15(18)17(20-21)13-12-16(19)14-8-4-3-5-9-14/h3-11,16H,2,12-13H2,1H3. The molecule has 0 bridgehead atoms. The first-order valence-electron chi connectivity index (χ1n) is 7.43. The summed E-state index contributed by atoms with van der Waals surface area (Å²) >= 11 is 6.51. The number of fused-ring (bicyclic) bond motifs is 1. The molecule has 0 aliphatic heterocycles. The Morgan fingerprint density at radius 2 is 1.76 bits per heavy atom. The highest BCUT2D eigenvalue weighted by Gasteiger charge is 2.12. The summed E-state index contributed by atoms with van der Waals surface area (Å²) in [5, 5.41) is 6.02. The number of halogens is 1. The second-order valence-corrected chi connectivity index (χ2v) is 5.72. The lowest BCUT2D eigenvalue weighted by Gasteiger charge is -2.08. The summed E-state index contributed by atoms with van der Waals surface area (Å²) in [6.45, 7) is 3.01. The van der Waals surface area contributed by atoms with Gasteiger partial charge in [0.1, 0.15) is 0 Å². The summed E-state index contributed by atoms with van der Waals surface area (Å²) in [4.78, 5) is 0. The van der Waals surface area contributed by atoms with Crippen LogP contribution in [0.3, 0.4) is 0 Å². The van der Waals surface area contributed by atoms with Crippen LogP contribution in [-0.2, 0) is 13.0 Å². The molecule has 1 aromatic heterocycles. The second kappa shape index (κ2) is 6.31. The topological polar surface area (TPSA) is 17.8 Å². The molecule has 0 amide bonds. The van der Waals surface area contributed by atoms with Gasteiger partial charge in [-0.3, -0.25) is 4.68 Å². The fourth-order valence-corrected chi connectivity index (χ4v) is 2.97. The predicted molar refractivity (Wildman–Crippen MR) is 88.8 cm³/mol. The van der Waals surface area contributed by atoms with Crippen LogP contribution in [0.5, 0.6) is 0 Å². The van der Waals surface area contributed by atoms with Crippen molar-refractivity contribution in [1.29, 1.82) is 0 Å². The van der Waals surface area contributed by atoms with Gasteiger partial charge in [-0.25, -0.2) is 0 Å². The van der Waals surface area contributed by atoms with E-state index >= 15 is 0 Å². The van der Waals surface area contributed by atoms with Crippen molar-refractivity contribution < 1.29 is 0 Å². The van der Waals surface area contributed by atoms with Crippen molar-refractivity contribution in [2.45, 2.75) is 31.7 Å². The maximum atomic E-state index is 6.51. The van der Waals surface area contributed by atoms with E-state index in [1.807, 2.05) is 18.2 Å². The zero-order chi connectivity index (χ0) is 14.7. The van der Waals surface area contributed by atoms with Crippen molar-refractivity contribution in [2.75, 3.05) is 0 Å². The molecule has 1 unspecified atom stereocenters. The monoisotopic (exact) mass is 298 g/mol. The van der Waals surface area contributed by atoms with Crippen molar-refractivity contribution in [1.82, 2.24) is 9.78 Å². The van der Waals surface area contributed by atoms with Gasteiger partial charge in [-0.2, -0.15) is 5.10 Å². The molecule has 21 heavy (non-hydrogen) atoms. The third kappa shape index (κ3) is 2.96. The van der Waals surface area contributed by atoms with E-state index in [2.05, 4.69) is 48.0 Å². The van der Waals surface area contributed by atoms with Gasteiger partial charge in [-0.05, 0) is 31.4 Å². The second-order valence-electron chi connectivity index (χ2n) is 5.20. The average Bonchev–Trinajstić information content (AvgIpc) is 2.91. The maximum absolute atomic E-state index is 6.51. The summed E-state index contributed by atoms with van der Waals surface area (Å²) < 4.78 is 2.07. The van der Waals surface area contributed by atoms with Crippen LogP contribution >= 0.6 is 11.6 Å². The van der Waals surface area contributed by atoms with E-state index in [0.717, 1.165) is 25.1 Å². The molecule has 2 aromatic carbocycles. The minimum absolute atomic E-state index is 0.0386. The molecule has 0 spiro atoms. The highest BCUT2D eigenvalue weighted by molar-refractivity contribution is 6.20. The van der Waals surface area contributed by atoms with Gasteiger partial charge in [0.15, 0.2) is 0 Å². The number of aryl methyl sites for hydroxylation is 2. The van der Waals surface area contributed by atoms with Crippen LogP contribution in [0.1, 0.15) is 30.0 Å². The molecule has 0 saturated heterocycles. The quantitative estimate of drug-likeness (QED) is 0.608. The van der Waals surface area contributed by atoms with Gasteiger partial charge in [0.2, 0.25) is 0 Å². The lowest BCUT2D eigenvalue weighted by molar-refractivity contribution is 0.657. The Bertz CT molecular complexity index is 718. The molecule has 0 N–H and O–H groups in total. The molecule has 0 aliphatic rings. The first-order chi connectivity index (χ1) is 10.3. The van der Waals surface area contributed by atoms with Gasteiger partial charge in [-0.1, -0.05) is 48.5 Å². The first kappa shape index (κ1) is 14.2. The Balaban J connectivity index is 1.79. The fourth-order valence-electron chi connectivity index (χ4n) is 2.71. The van der Waals surface area contributed by atoms with Crippen molar-refractivity contribution in [3.8, 4) is 0 Å². The van der Waals surface area contributed by atoms with Gasteiger partial charge in [0, 0.05) is 11.9 Å². The van der Waals surface area contributed by atoms with Gasteiger partial charge in [0.05, 0.1) is 16.6 Å². The molecule has 2 nitrogen and oxygen atoms in total. The van der Waals surface area contributed by atoms with Crippen molar-refractivity contribution >= 4 is 22.5 Å². The number of para-hydroxylation sites is 1. The molecule has 0 radical (unpaired) electrons. The zero-order valence-electron chi connectivity index (χ0n) is 12.2. The summed E-state index contributed by atoms with van der Waals surface area (Å²) in [6.07, 6.45) is 1.80. The molecule has 108 valence electrons. The van der Waals surface area contributed by atoms with Crippen LogP contribution in [0.2, 0.25) is 0 Å². The summed E-state index contributed by atoms with van der Waals surface area (Å²) in [6, 6.07) is 18.7. The SMILES string of the molecule is CCn1nc(CCC(Cl)c2ccccc2)c2ccccc21. The molecule has 1 atom stereocenters. The maximum Gasteiger partial charge on any atom is 0.0704 e. The normalized spacial score (nSPS) is 12.7. The number of alkyl halides is 1. The minimum Gasteiger partial charge on any atom is -0.265 e. The largest absolute Gasteiger partial charge is 0.265 e. The van der Waals surface area contributed by atoms with Crippen molar-refractivity contribution in [3.05, 3.63) is 65.9 Å². The van der Waals surface area contributed by atoms with Crippen LogP contribution < -0.4 is 0 Å². The van der Waals surface area contributed by atoms with Crippen molar-refractivity contribution in [3.63, 3.8) is 0 Å². The molecule has 1 heterocycles. The zero-order valence-corrected chi connectivity index (χ0v) is 12.9. The molecule has 3 aromatic rings. The third-order valence-electron chi connectivity index (χ3n) is 3.83. The van der Waals surface area contributed by atoms with Crippen LogP contribution in [-0.4, -0.2) is 9.78 Å². The number of benzene rings is 2. The Labute approximate surface area is 130 Å². The van der Waals surface area contributed by atoms with Gasteiger partial charge in [0.25, 0.3) is 0 Å². The number of hydrogen-bond donors (Lipinski definition) is 0. The van der Waals surface area contributed by atoms with Crippen LogP contribution in [0.4, 0.5) is 0 Å². The first-order valence-corrected chi connectivity index (χ1v) is 7.86. The average molecular weight is 299 g/mol. The van der Waals surface area contributed by atoms with E-state index in [9.17, 15) is 0 Å².